The molecule has 0 amide bonds. The van der Waals surface area contributed by atoms with E-state index in [9.17, 15) is 9.59 Å². The lowest BCUT2D eigenvalue weighted by atomic mass is 10.0. The molecule has 1 N–H and O–H groups in total. The molecule has 0 radical (unpaired) electrons. The van der Waals surface area contributed by atoms with E-state index in [-0.39, 0.29) is 22.2 Å². The van der Waals surface area contributed by atoms with Crippen LogP contribution in [0.25, 0.3) is 11.3 Å². The van der Waals surface area contributed by atoms with Gasteiger partial charge in [-0.05, 0) is 26.0 Å². The van der Waals surface area contributed by atoms with E-state index in [1.807, 2.05) is 37.3 Å². The third kappa shape index (κ3) is 3.36. The Balaban J connectivity index is 2.30. The van der Waals surface area contributed by atoms with Gasteiger partial charge in [0.1, 0.15) is 11.4 Å². The van der Waals surface area contributed by atoms with Crippen LogP contribution in [0, 0.1) is 0 Å². The van der Waals surface area contributed by atoms with E-state index in [2.05, 4.69) is 15.4 Å². The minimum absolute atomic E-state index is 0.142. The molecule has 0 spiro atoms. The molecule has 0 atom stereocenters. The minimum Gasteiger partial charge on any atom is -0.348 e. The fourth-order valence-corrected chi connectivity index (χ4v) is 2.82. The molecule has 2 aromatic heterocycles. The first-order chi connectivity index (χ1) is 12.5. The fourth-order valence-electron chi connectivity index (χ4n) is 2.66. The monoisotopic (exact) mass is 368 g/mol. The van der Waals surface area contributed by atoms with E-state index in [1.165, 1.54) is 11.6 Å². The Kier molecular flexibility index (Phi) is 5.14. The quantitative estimate of drug-likeness (QED) is 0.545. The first-order valence-electron chi connectivity index (χ1n) is 8.12. The third-order valence-electron chi connectivity index (χ3n) is 3.87. The molecule has 0 aliphatic rings. The number of ketones is 1. The number of hydrogen-bond acceptors (Lipinski definition) is 5. The van der Waals surface area contributed by atoms with Crippen LogP contribution < -0.4 is 10.9 Å². The maximum Gasteiger partial charge on any atom is 0.291 e. The molecule has 0 aliphatic heterocycles. The van der Waals surface area contributed by atoms with Gasteiger partial charge in [-0.25, -0.2) is 9.67 Å². The maximum atomic E-state index is 12.8. The number of hydrogen-bond donors (Lipinski definition) is 1. The molecule has 0 fully saturated rings. The Hall–Kier alpha value is -2.99. The molecule has 132 valence electrons. The molecule has 0 unspecified atom stereocenters. The number of pyridine rings is 1. The van der Waals surface area contributed by atoms with Crippen LogP contribution in [0.1, 0.15) is 24.2 Å². The van der Waals surface area contributed by atoms with Crippen molar-refractivity contribution in [2.24, 2.45) is 0 Å². The van der Waals surface area contributed by atoms with Gasteiger partial charge < -0.3 is 5.32 Å². The van der Waals surface area contributed by atoms with E-state index < -0.39 is 5.56 Å². The zero-order chi connectivity index (χ0) is 18.7. The highest BCUT2D eigenvalue weighted by molar-refractivity contribution is 6.32. The van der Waals surface area contributed by atoms with E-state index in [0.717, 1.165) is 5.56 Å². The number of carbonyl (C=O) groups excluding carboxylic acids is 1. The van der Waals surface area contributed by atoms with Gasteiger partial charge in [-0.15, -0.1) is 0 Å². The zero-order valence-electron chi connectivity index (χ0n) is 14.4. The molecule has 0 saturated carbocycles. The lowest BCUT2D eigenvalue weighted by Crippen LogP contribution is -2.28. The Labute approximate surface area is 155 Å². The summed E-state index contributed by atoms with van der Waals surface area (Å²) >= 11 is 6.11. The van der Waals surface area contributed by atoms with E-state index >= 15 is 0 Å². The number of carbonyl (C=O) groups is 1. The molecule has 0 saturated heterocycles. The van der Waals surface area contributed by atoms with Crippen LogP contribution >= 0.6 is 11.6 Å². The topological polar surface area (TPSA) is 76.9 Å². The Morgan fingerprint density at radius 3 is 2.54 bits per heavy atom. The highest BCUT2D eigenvalue weighted by Gasteiger charge is 2.22. The first-order valence-corrected chi connectivity index (χ1v) is 8.49. The summed E-state index contributed by atoms with van der Waals surface area (Å²) in [7, 11) is 0. The number of anilines is 2. The van der Waals surface area contributed by atoms with Crippen LogP contribution in [0.4, 0.5) is 11.4 Å². The molecule has 6 nitrogen and oxygen atoms in total. The van der Waals surface area contributed by atoms with Crippen molar-refractivity contribution in [3.8, 4) is 11.3 Å². The summed E-state index contributed by atoms with van der Waals surface area (Å²) in [6.07, 6.45) is 1.55. The lowest BCUT2D eigenvalue weighted by molar-refractivity contribution is 0.101. The van der Waals surface area contributed by atoms with Gasteiger partial charge in [0.15, 0.2) is 10.9 Å². The van der Waals surface area contributed by atoms with Gasteiger partial charge in [0.2, 0.25) is 0 Å². The Bertz CT molecular complexity index is 1020. The minimum atomic E-state index is -0.391. The van der Waals surface area contributed by atoms with E-state index in [4.69, 9.17) is 11.6 Å². The number of Topliss-reactive ketones (excluding diaryl/α,β-unsaturated/α-hetero) is 1. The van der Waals surface area contributed by atoms with Crippen molar-refractivity contribution < 1.29 is 4.79 Å². The second-order valence-electron chi connectivity index (χ2n) is 5.61. The average molecular weight is 369 g/mol. The van der Waals surface area contributed by atoms with Crippen LogP contribution in [0.3, 0.4) is 0 Å². The second-order valence-corrected chi connectivity index (χ2v) is 5.97. The second kappa shape index (κ2) is 7.49. The summed E-state index contributed by atoms with van der Waals surface area (Å²) in [5, 5.41) is 7.60. The number of rotatable bonds is 5. The first kappa shape index (κ1) is 17.8. The van der Waals surface area contributed by atoms with Crippen molar-refractivity contribution in [2.75, 3.05) is 5.32 Å². The number of benzene rings is 1. The predicted octanol–water partition coefficient (Wildman–Crippen LogP) is 3.92. The van der Waals surface area contributed by atoms with Crippen molar-refractivity contribution in [2.45, 2.75) is 20.4 Å². The van der Waals surface area contributed by atoms with Crippen LogP contribution in [0.15, 0.2) is 53.5 Å². The number of aryl methyl sites for hydroxylation is 1. The van der Waals surface area contributed by atoms with Gasteiger partial charge in [0.25, 0.3) is 5.56 Å². The van der Waals surface area contributed by atoms with Crippen LogP contribution in [0.2, 0.25) is 5.15 Å². The molecule has 0 aliphatic carbocycles. The van der Waals surface area contributed by atoms with Crippen molar-refractivity contribution in [3.05, 3.63) is 69.7 Å². The summed E-state index contributed by atoms with van der Waals surface area (Å²) in [6, 6.07) is 12.7. The molecule has 2 heterocycles. The summed E-state index contributed by atoms with van der Waals surface area (Å²) < 4.78 is 1.32. The van der Waals surface area contributed by atoms with Gasteiger partial charge in [-0.3, -0.25) is 9.59 Å². The average Bonchev–Trinajstić information content (AvgIpc) is 2.65. The standard InChI is InChI=1S/C19H17ClN4O2/c1-3-24-19(26)17(22-14-10-7-11-21-18(14)20)15(12(2)25)16(23-24)13-8-5-4-6-9-13/h4-11,22H,3H2,1-2H3. The van der Waals surface area contributed by atoms with Gasteiger partial charge in [0, 0.05) is 18.3 Å². The van der Waals surface area contributed by atoms with Crippen LogP contribution in [-0.2, 0) is 6.54 Å². The molecule has 1 aromatic carbocycles. The SMILES string of the molecule is CCn1nc(-c2ccccc2)c(C(C)=O)c(Nc2cccnc2Cl)c1=O. The molecular formula is C19H17ClN4O2. The van der Waals surface area contributed by atoms with Gasteiger partial charge in [0.05, 0.1) is 11.3 Å². The predicted molar refractivity (Wildman–Crippen MR) is 102 cm³/mol. The third-order valence-corrected chi connectivity index (χ3v) is 4.17. The number of nitrogens with one attached hydrogen (secondary N) is 1. The van der Waals surface area contributed by atoms with Crippen molar-refractivity contribution in [3.63, 3.8) is 0 Å². The van der Waals surface area contributed by atoms with Crippen molar-refractivity contribution >= 4 is 28.8 Å². The van der Waals surface area contributed by atoms with Crippen molar-refractivity contribution in [1.29, 1.82) is 0 Å². The molecule has 3 aromatic rings. The summed E-state index contributed by atoms with van der Waals surface area (Å²) in [5.74, 6) is -0.265. The van der Waals surface area contributed by atoms with Gasteiger partial charge >= 0.3 is 0 Å². The normalized spacial score (nSPS) is 10.6. The summed E-state index contributed by atoms with van der Waals surface area (Å²) in [4.78, 5) is 29.3. The zero-order valence-corrected chi connectivity index (χ0v) is 15.1. The number of aromatic nitrogens is 3. The largest absolute Gasteiger partial charge is 0.348 e. The highest BCUT2D eigenvalue weighted by atomic mass is 35.5. The van der Waals surface area contributed by atoms with Crippen LogP contribution in [-0.4, -0.2) is 20.5 Å². The fraction of sp³-hybridized carbons (Fsp3) is 0.158. The van der Waals surface area contributed by atoms with E-state index in [0.29, 0.717) is 17.9 Å². The molecule has 3 rings (SSSR count). The van der Waals surface area contributed by atoms with Gasteiger partial charge in [-0.2, -0.15) is 5.10 Å². The highest BCUT2D eigenvalue weighted by Crippen LogP contribution is 2.29. The lowest BCUT2D eigenvalue weighted by Gasteiger charge is -2.16. The number of halogens is 1. The van der Waals surface area contributed by atoms with Gasteiger partial charge in [-0.1, -0.05) is 41.9 Å². The Morgan fingerprint density at radius 2 is 1.92 bits per heavy atom. The van der Waals surface area contributed by atoms with Crippen LogP contribution in [0.5, 0.6) is 0 Å². The summed E-state index contributed by atoms with van der Waals surface area (Å²) in [6.45, 7) is 3.60. The van der Waals surface area contributed by atoms with Crippen molar-refractivity contribution in [1.82, 2.24) is 14.8 Å². The molecule has 26 heavy (non-hydrogen) atoms. The number of nitrogens with zero attached hydrogens (tertiary/aromatic N) is 3. The van der Waals surface area contributed by atoms with E-state index in [1.54, 1.807) is 18.3 Å². The molecule has 7 heteroatoms. The molecular weight excluding hydrogens is 352 g/mol. The molecule has 0 bridgehead atoms. The smallest absolute Gasteiger partial charge is 0.291 e. The summed E-state index contributed by atoms with van der Waals surface area (Å²) in [5.41, 5.74) is 1.62. The Morgan fingerprint density at radius 1 is 1.19 bits per heavy atom. The maximum absolute atomic E-state index is 12.8.